The van der Waals surface area contributed by atoms with Crippen LogP contribution in [-0.4, -0.2) is 56.4 Å². The van der Waals surface area contributed by atoms with Crippen LogP contribution in [0, 0.1) is 0 Å². The van der Waals surface area contributed by atoms with Crippen molar-refractivity contribution in [1.29, 1.82) is 0 Å². The van der Waals surface area contributed by atoms with Gasteiger partial charge in [-0.15, -0.1) is 0 Å². The Labute approximate surface area is 110 Å². The molecule has 100 valence electrons. The largest absolute Gasteiger partial charge is 0.309 e. The number of hydrogen-bond donors (Lipinski definition) is 0. The Morgan fingerprint density at radius 2 is 1.72 bits per heavy atom. The van der Waals surface area contributed by atoms with E-state index in [9.17, 15) is 4.79 Å². The molecule has 1 aromatic rings. The molecule has 0 aliphatic rings. The second-order valence-corrected chi connectivity index (χ2v) is 5.10. The van der Waals surface area contributed by atoms with E-state index in [1.54, 1.807) is 0 Å². The van der Waals surface area contributed by atoms with Gasteiger partial charge in [-0.05, 0) is 46.2 Å². The van der Waals surface area contributed by atoms with Gasteiger partial charge in [0, 0.05) is 6.42 Å². The van der Waals surface area contributed by atoms with E-state index in [1.807, 2.05) is 37.4 Å². The van der Waals surface area contributed by atoms with Crippen LogP contribution < -0.4 is 0 Å². The standard InChI is InChI=1S/C15H24N2O/c1-16(2)10-7-11-17(3)13-15(18)12-14-8-5-4-6-9-14/h4-6,8-9H,7,10-13H2,1-3H3. The molecule has 0 heterocycles. The number of nitrogens with zero attached hydrogens (tertiary/aromatic N) is 2. The second-order valence-electron chi connectivity index (χ2n) is 5.10. The van der Waals surface area contributed by atoms with Crippen molar-refractivity contribution in [2.75, 3.05) is 40.8 Å². The average molecular weight is 248 g/mol. The first-order chi connectivity index (χ1) is 8.58. The van der Waals surface area contributed by atoms with Crippen LogP contribution in [0.3, 0.4) is 0 Å². The fourth-order valence-corrected chi connectivity index (χ4v) is 1.92. The fraction of sp³-hybridized carbons (Fsp3) is 0.533. The molecule has 0 spiro atoms. The minimum atomic E-state index is 0.286. The smallest absolute Gasteiger partial charge is 0.151 e. The van der Waals surface area contributed by atoms with E-state index >= 15 is 0 Å². The highest BCUT2D eigenvalue weighted by Crippen LogP contribution is 2.01. The van der Waals surface area contributed by atoms with Gasteiger partial charge in [0.1, 0.15) is 0 Å². The second kappa shape index (κ2) is 8.01. The van der Waals surface area contributed by atoms with E-state index in [2.05, 4.69) is 23.9 Å². The summed E-state index contributed by atoms with van der Waals surface area (Å²) in [6, 6.07) is 9.93. The van der Waals surface area contributed by atoms with E-state index < -0.39 is 0 Å². The molecule has 3 heteroatoms. The molecule has 0 unspecified atom stereocenters. The van der Waals surface area contributed by atoms with Crippen molar-refractivity contribution in [2.45, 2.75) is 12.8 Å². The molecule has 0 atom stereocenters. The van der Waals surface area contributed by atoms with Crippen LogP contribution in [0.15, 0.2) is 30.3 Å². The van der Waals surface area contributed by atoms with Gasteiger partial charge in [-0.3, -0.25) is 9.69 Å². The summed E-state index contributed by atoms with van der Waals surface area (Å²) in [6.07, 6.45) is 1.64. The lowest BCUT2D eigenvalue weighted by molar-refractivity contribution is -0.119. The summed E-state index contributed by atoms with van der Waals surface area (Å²) in [4.78, 5) is 16.1. The number of Topliss-reactive ketones (excluding diaryl/α,β-unsaturated/α-hetero) is 1. The Bertz CT molecular complexity index is 349. The van der Waals surface area contributed by atoms with Gasteiger partial charge in [0.25, 0.3) is 0 Å². The Morgan fingerprint density at radius 3 is 2.33 bits per heavy atom. The third-order valence-corrected chi connectivity index (χ3v) is 2.84. The molecule has 0 aliphatic carbocycles. The lowest BCUT2D eigenvalue weighted by Gasteiger charge is -2.17. The first-order valence-electron chi connectivity index (χ1n) is 6.47. The third-order valence-electron chi connectivity index (χ3n) is 2.84. The molecule has 0 fully saturated rings. The van der Waals surface area contributed by atoms with Crippen LogP contribution in [0.4, 0.5) is 0 Å². The van der Waals surface area contributed by atoms with E-state index in [-0.39, 0.29) is 5.78 Å². The monoisotopic (exact) mass is 248 g/mol. The number of hydrogen-bond acceptors (Lipinski definition) is 3. The molecule has 0 N–H and O–H groups in total. The summed E-state index contributed by atoms with van der Waals surface area (Å²) in [5.74, 6) is 0.286. The van der Waals surface area contributed by atoms with Crippen molar-refractivity contribution in [3.05, 3.63) is 35.9 Å². The van der Waals surface area contributed by atoms with Gasteiger partial charge in [-0.2, -0.15) is 0 Å². The third kappa shape index (κ3) is 6.52. The van der Waals surface area contributed by atoms with Gasteiger partial charge in [0.05, 0.1) is 6.54 Å². The number of carbonyl (C=O) groups is 1. The van der Waals surface area contributed by atoms with Crippen LogP contribution in [0.5, 0.6) is 0 Å². The summed E-state index contributed by atoms with van der Waals surface area (Å²) < 4.78 is 0. The van der Waals surface area contributed by atoms with Crippen molar-refractivity contribution < 1.29 is 4.79 Å². The molecular formula is C15H24N2O. The fourth-order valence-electron chi connectivity index (χ4n) is 1.92. The van der Waals surface area contributed by atoms with Gasteiger partial charge >= 0.3 is 0 Å². The first kappa shape index (κ1) is 14.9. The zero-order chi connectivity index (χ0) is 13.4. The zero-order valence-electron chi connectivity index (χ0n) is 11.7. The van der Waals surface area contributed by atoms with Crippen LogP contribution in [0.2, 0.25) is 0 Å². The Balaban J connectivity index is 2.23. The summed E-state index contributed by atoms with van der Waals surface area (Å²) in [5.41, 5.74) is 1.10. The lowest BCUT2D eigenvalue weighted by Crippen LogP contribution is -2.29. The number of rotatable bonds is 8. The molecule has 0 amide bonds. The zero-order valence-corrected chi connectivity index (χ0v) is 11.7. The van der Waals surface area contributed by atoms with Gasteiger partial charge in [0.15, 0.2) is 5.78 Å². The topological polar surface area (TPSA) is 23.6 Å². The summed E-state index contributed by atoms with van der Waals surface area (Å²) in [5, 5.41) is 0. The average Bonchev–Trinajstić information content (AvgIpc) is 2.29. The number of carbonyl (C=O) groups excluding carboxylic acids is 1. The molecule has 1 rings (SSSR count). The normalized spacial score (nSPS) is 11.2. The summed E-state index contributed by atoms with van der Waals surface area (Å²) in [7, 11) is 6.15. The molecule has 0 aliphatic heterocycles. The van der Waals surface area contributed by atoms with E-state index in [0.717, 1.165) is 25.1 Å². The minimum absolute atomic E-state index is 0.286. The van der Waals surface area contributed by atoms with Crippen LogP contribution in [0.1, 0.15) is 12.0 Å². The number of benzene rings is 1. The van der Waals surface area contributed by atoms with Crippen molar-refractivity contribution in [2.24, 2.45) is 0 Å². The number of ketones is 1. The van der Waals surface area contributed by atoms with Crippen molar-refractivity contribution in [3.8, 4) is 0 Å². The first-order valence-corrected chi connectivity index (χ1v) is 6.47. The lowest BCUT2D eigenvalue weighted by atomic mass is 10.1. The van der Waals surface area contributed by atoms with Gasteiger partial charge in [-0.1, -0.05) is 30.3 Å². The van der Waals surface area contributed by atoms with Gasteiger partial charge in [-0.25, -0.2) is 0 Å². The highest BCUT2D eigenvalue weighted by atomic mass is 16.1. The quantitative estimate of drug-likeness (QED) is 0.699. The molecule has 1 aromatic carbocycles. The van der Waals surface area contributed by atoms with E-state index in [0.29, 0.717) is 13.0 Å². The van der Waals surface area contributed by atoms with Crippen molar-refractivity contribution in [3.63, 3.8) is 0 Å². The molecule has 3 nitrogen and oxygen atoms in total. The highest BCUT2D eigenvalue weighted by Gasteiger charge is 2.07. The summed E-state index contributed by atoms with van der Waals surface area (Å²) in [6.45, 7) is 2.58. The molecule has 0 aromatic heterocycles. The molecule has 18 heavy (non-hydrogen) atoms. The minimum Gasteiger partial charge on any atom is -0.309 e. The summed E-state index contributed by atoms with van der Waals surface area (Å²) >= 11 is 0. The molecular weight excluding hydrogens is 224 g/mol. The van der Waals surface area contributed by atoms with E-state index in [4.69, 9.17) is 0 Å². The van der Waals surface area contributed by atoms with Crippen LogP contribution in [-0.2, 0) is 11.2 Å². The predicted octanol–water partition coefficient (Wildman–Crippen LogP) is 1.68. The molecule has 0 radical (unpaired) electrons. The Kier molecular flexibility index (Phi) is 6.61. The van der Waals surface area contributed by atoms with Crippen LogP contribution in [0.25, 0.3) is 0 Å². The maximum Gasteiger partial charge on any atom is 0.151 e. The predicted molar refractivity (Wildman–Crippen MR) is 75.8 cm³/mol. The molecule has 0 saturated carbocycles. The van der Waals surface area contributed by atoms with Gasteiger partial charge in [0.2, 0.25) is 0 Å². The van der Waals surface area contributed by atoms with Crippen LogP contribution >= 0.6 is 0 Å². The SMILES string of the molecule is CN(C)CCCN(C)CC(=O)Cc1ccccc1. The number of likely N-dealkylation sites (N-methyl/N-ethyl adjacent to an activating group) is 1. The van der Waals surface area contributed by atoms with E-state index in [1.165, 1.54) is 0 Å². The van der Waals surface area contributed by atoms with Gasteiger partial charge < -0.3 is 4.90 Å². The van der Waals surface area contributed by atoms with Crippen molar-refractivity contribution >= 4 is 5.78 Å². The molecule has 0 saturated heterocycles. The molecule has 0 bridgehead atoms. The van der Waals surface area contributed by atoms with Crippen molar-refractivity contribution in [1.82, 2.24) is 9.80 Å². The Hall–Kier alpha value is -1.19. The Morgan fingerprint density at radius 1 is 1.06 bits per heavy atom. The maximum absolute atomic E-state index is 11.9. The maximum atomic E-state index is 11.9. The highest BCUT2D eigenvalue weighted by molar-refractivity contribution is 5.82.